The van der Waals surface area contributed by atoms with Gasteiger partial charge in [-0.25, -0.2) is 0 Å². The van der Waals surface area contributed by atoms with E-state index in [4.69, 9.17) is 0 Å². The Labute approximate surface area is 191 Å². The Hall–Kier alpha value is -2.79. The van der Waals surface area contributed by atoms with Crippen molar-refractivity contribution in [3.8, 4) is 0 Å². The van der Waals surface area contributed by atoms with E-state index in [1.54, 1.807) is 0 Å². The van der Waals surface area contributed by atoms with Crippen LogP contribution in [-0.4, -0.2) is 51.5 Å². The summed E-state index contributed by atoms with van der Waals surface area (Å²) < 4.78 is 2.07. The zero-order valence-electron chi connectivity index (χ0n) is 19.4. The minimum atomic E-state index is 0.128. The maximum Gasteiger partial charge on any atom is 0.256 e. The molecule has 0 unspecified atom stereocenters. The number of amides is 1. The normalized spacial score (nSPS) is 21.9. The molecule has 5 rings (SSSR count). The molecule has 1 aromatic heterocycles. The van der Waals surface area contributed by atoms with E-state index < -0.39 is 0 Å². The first-order valence-electron chi connectivity index (χ1n) is 12.0. The predicted molar refractivity (Wildman–Crippen MR) is 131 cm³/mol. The minimum absolute atomic E-state index is 0.128. The average Bonchev–Trinajstić information content (AvgIpc) is 3.33. The lowest BCUT2D eigenvalue weighted by Crippen LogP contribution is -2.48. The van der Waals surface area contributed by atoms with Crippen molar-refractivity contribution in [2.45, 2.75) is 57.8 Å². The predicted octanol–water partition coefficient (Wildman–Crippen LogP) is 4.88. The summed E-state index contributed by atoms with van der Waals surface area (Å²) in [6, 6.07) is 18.1. The molecule has 3 aromatic rings. The maximum atomic E-state index is 14.0. The Balaban J connectivity index is 1.55. The highest BCUT2D eigenvalue weighted by atomic mass is 16.2. The summed E-state index contributed by atoms with van der Waals surface area (Å²) in [4.78, 5) is 18.8. The topological polar surface area (TPSA) is 40.5 Å². The molecule has 3 heterocycles. The second kappa shape index (κ2) is 8.62. The van der Waals surface area contributed by atoms with Gasteiger partial charge in [0.1, 0.15) is 0 Å². The molecule has 1 N–H and O–H groups in total. The van der Waals surface area contributed by atoms with Crippen molar-refractivity contribution in [2.75, 3.05) is 18.4 Å². The highest BCUT2D eigenvalue weighted by Crippen LogP contribution is 2.32. The Morgan fingerprint density at radius 2 is 1.75 bits per heavy atom. The summed E-state index contributed by atoms with van der Waals surface area (Å²) in [6.07, 6.45) is 5.51. The number of hydrogen-bond donors (Lipinski definition) is 1. The van der Waals surface area contributed by atoms with E-state index in [2.05, 4.69) is 69.9 Å². The van der Waals surface area contributed by atoms with E-state index in [-0.39, 0.29) is 5.91 Å². The number of aryl methyl sites for hydroxylation is 1. The fraction of sp³-hybridized carbons (Fsp3) is 0.444. The number of hydrogen-bond acceptors (Lipinski definition) is 3. The van der Waals surface area contributed by atoms with Gasteiger partial charge in [0.15, 0.2) is 0 Å². The summed E-state index contributed by atoms with van der Waals surface area (Å²) in [7, 11) is 2.02. The molecular weight excluding hydrogens is 396 g/mol. The SMILES string of the molecule is CC(C)N1[C@H]2CCNc3ccccc3CN(C(=O)c3cn(C)c4ccccc34)C[C@@H]1CC2. The van der Waals surface area contributed by atoms with Crippen LogP contribution in [0.15, 0.2) is 54.7 Å². The third-order valence-corrected chi connectivity index (χ3v) is 7.29. The maximum absolute atomic E-state index is 14.0. The third kappa shape index (κ3) is 3.79. The largest absolute Gasteiger partial charge is 0.385 e. The molecule has 2 aromatic carbocycles. The molecule has 168 valence electrons. The number of anilines is 1. The van der Waals surface area contributed by atoms with E-state index in [0.717, 1.165) is 48.1 Å². The molecule has 5 nitrogen and oxygen atoms in total. The van der Waals surface area contributed by atoms with Crippen LogP contribution in [0.3, 0.4) is 0 Å². The summed E-state index contributed by atoms with van der Waals surface area (Å²) in [5.41, 5.74) is 4.24. The number of fused-ring (bicyclic) bond motifs is 4. The molecule has 2 aliphatic heterocycles. The second-order valence-electron chi connectivity index (χ2n) is 9.66. The fourth-order valence-electron chi connectivity index (χ4n) is 5.87. The number of benzene rings is 2. The van der Waals surface area contributed by atoms with Gasteiger partial charge in [-0.15, -0.1) is 0 Å². The highest BCUT2D eigenvalue weighted by molar-refractivity contribution is 6.07. The Morgan fingerprint density at radius 1 is 1.00 bits per heavy atom. The van der Waals surface area contributed by atoms with Crippen LogP contribution in [0.1, 0.15) is 49.0 Å². The van der Waals surface area contributed by atoms with Crippen molar-refractivity contribution < 1.29 is 4.79 Å². The lowest BCUT2D eigenvalue weighted by molar-refractivity contribution is 0.0635. The van der Waals surface area contributed by atoms with Crippen molar-refractivity contribution in [3.05, 3.63) is 65.9 Å². The van der Waals surface area contributed by atoms with E-state index in [9.17, 15) is 4.79 Å². The van der Waals surface area contributed by atoms with Gasteiger partial charge in [0, 0.05) is 67.6 Å². The third-order valence-electron chi connectivity index (χ3n) is 7.29. The number of carbonyl (C=O) groups excluding carboxylic acids is 1. The lowest BCUT2D eigenvalue weighted by atomic mass is 10.1. The van der Waals surface area contributed by atoms with Gasteiger partial charge < -0.3 is 14.8 Å². The van der Waals surface area contributed by atoms with Gasteiger partial charge in [0.2, 0.25) is 0 Å². The number of nitrogens with one attached hydrogen (secondary N) is 1. The summed E-state index contributed by atoms with van der Waals surface area (Å²) in [6.45, 7) is 6.95. The van der Waals surface area contributed by atoms with Gasteiger partial charge in [0.25, 0.3) is 5.91 Å². The molecule has 1 fully saturated rings. The molecule has 32 heavy (non-hydrogen) atoms. The number of nitrogens with zero attached hydrogens (tertiary/aromatic N) is 3. The van der Waals surface area contributed by atoms with Gasteiger partial charge in [-0.1, -0.05) is 36.4 Å². The van der Waals surface area contributed by atoms with Gasteiger partial charge in [-0.05, 0) is 50.8 Å². The van der Waals surface area contributed by atoms with Gasteiger partial charge in [0.05, 0.1) is 5.56 Å². The number of carbonyl (C=O) groups is 1. The quantitative estimate of drug-likeness (QED) is 0.630. The van der Waals surface area contributed by atoms with Crippen LogP contribution < -0.4 is 5.32 Å². The number of aromatic nitrogens is 1. The first kappa shape index (κ1) is 21.1. The molecule has 5 heteroatoms. The minimum Gasteiger partial charge on any atom is -0.385 e. The lowest BCUT2D eigenvalue weighted by Gasteiger charge is -2.36. The number of para-hydroxylation sites is 2. The van der Waals surface area contributed by atoms with Crippen molar-refractivity contribution >= 4 is 22.5 Å². The van der Waals surface area contributed by atoms with Crippen LogP contribution in [0.4, 0.5) is 5.69 Å². The van der Waals surface area contributed by atoms with Crippen molar-refractivity contribution in [3.63, 3.8) is 0 Å². The molecule has 1 saturated heterocycles. The standard InChI is InChI=1S/C27H34N4O/c1-19(2)31-21-12-13-22(31)17-30(16-20-8-4-6-10-25(20)28-15-14-21)27(32)24-18-29(3)26-11-7-5-9-23(24)26/h4-11,18-19,21-22,28H,12-17H2,1-3H3/t21-,22+/m1/s1. The van der Waals surface area contributed by atoms with Crippen LogP contribution in [0.5, 0.6) is 0 Å². The fourth-order valence-corrected chi connectivity index (χ4v) is 5.87. The molecule has 1 amide bonds. The zero-order valence-corrected chi connectivity index (χ0v) is 19.4. The zero-order chi connectivity index (χ0) is 22.2. The highest BCUT2D eigenvalue weighted by Gasteiger charge is 2.37. The average molecular weight is 431 g/mol. The van der Waals surface area contributed by atoms with Crippen molar-refractivity contribution in [1.82, 2.24) is 14.4 Å². The Bertz CT molecular complexity index is 1120. The van der Waals surface area contributed by atoms with E-state index in [1.807, 2.05) is 25.4 Å². The summed E-state index contributed by atoms with van der Waals surface area (Å²) >= 11 is 0. The van der Waals surface area contributed by atoms with Gasteiger partial charge in [-0.2, -0.15) is 0 Å². The number of rotatable bonds is 2. The van der Waals surface area contributed by atoms with Crippen LogP contribution in [0.2, 0.25) is 0 Å². The monoisotopic (exact) mass is 430 g/mol. The van der Waals surface area contributed by atoms with Crippen LogP contribution in [0, 0.1) is 0 Å². The smallest absolute Gasteiger partial charge is 0.256 e. The Kier molecular flexibility index (Phi) is 5.68. The molecule has 0 saturated carbocycles. The molecule has 0 radical (unpaired) electrons. The molecule has 2 atom stereocenters. The molecule has 2 bridgehead atoms. The van der Waals surface area contributed by atoms with Crippen LogP contribution in [0.25, 0.3) is 10.9 Å². The molecule has 2 aliphatic rings. The molecule has 0 spiro atoms. The van der Waals surface area contributed by atoms with Crippen LogP contribution in [-0.2, 0) is 13.6 Å². The van der Waals surface area contributed by atoms with Crippen molar-refractivity contribution in [2.24, 2.45) is 7.05 Å². The van der Waals surface area contributed by atoms with Crippen LogP contribution >= 0.6 is 0 Å². The van der Waals surface area contributed by atoms with E-state index in [1.165, 1.54) is 12.0 Å². The summed E-state index contributed by atoms with van der Waals surface area (Å²) in [5, 5.41) is 4.70. The second-order valence-corrected chi connectivity index (χ2v) is 9.66. The van der Waals surface area contributed by atoms with E-state index >= 15 is 0 Å². The molecular formula is C27H34N4O. The van der Waals surface area contributed by atoms with Gasteiger partial charge >= 0.3 is 0 Å². The summed E-state index contributed by atoms with van der Waals surface area (Å²) in [5.74, 6) is 0.128. The molecule has 0 aliphatic carbocycles. The first-order chi connectivity index (χ1) is 15.5. The van der Waals surface area contributed by atoms with Crippen molar-refractivity contribution in [1.29, 1.82) is 0 Å². The van der Waals surface area contributed by atoms with Gasteiger partial charge in [-0.3, -0.25) is 9.69 Å². The first-order valence-corrected chi connectivity index (χ1v) is 12.0. The van der Waals surface area contributed by atoms with E-state index in [0.29, 0.717) is 24.7 Å². The Morgan fingerprint density at radius 3 is 2.59 bits per heavy atom.